The summed E-state index contributed by atoms with van der Waals surface area (Å²) >= 11 is 3.16. The monoisotopic (exact) mass is 272 g/mol. The van der Waals surface area contributed by atoms with Crippen LogP contribution < -0.4 is 0 Å². The van der Waals surface area contributed by atoms with E-state index in [1.165, 1.54) is 13.2 Å². The van der Waals surface area contributed by atoms with Crippen LogP contribution >= 0.6 is 15.9 Å². The van der Waals surface area contributed by atoms with E-state index in [0.29, 0.717) is 16.5 Å². The molecule has 0 aromatic rings. The van der Waals surface area contributed by atoms with Crippen molar-refractivity contribution < 1.29 is 14.3 Å². The van der Waals surface area contributed by atoms with Crippen molar-refractivity contribution in [2.75, 3.05) is 7.11 Å². The van der Waals surface area contributed by atoms with Gasteiger partial charge in [-0.1, -0.05) is 13.0 Å². The van der Waals surface area contributed by atoms with Gasteiger partial charge in [0.05, 0.1) is 17.2 Å². The maximum atomic E-state index is 11.5. The van der Waals surface area contributed by atoms with E-state index in [0.717, 1.165) is 6.42 Å². The van der Waals surface area contributed by atoms with E-state index in [2.05, 4.69) is 20.7 Å². The van der Waals surface area contributed by atoms with Gasteiger partial charge in [0.25, 0.3) is 0 Å². The minimum Gasteiger partial charge on any atom is -0.465 e. The molecule has 0 amide bonds. The summed E-state index contributed by atoms with van der Waals surface area (Å²) in [6, 6.07) is 0. The molecule has 0 N–H and O–H groups in total. The summed E-state index contributed by atoms with van der Waals surface area (Å²) in [5, 5.41) is 0. The van der Waals surface area contributed by atoms with Gasteiger partial charge in [-0.05, 0) is 34.3 Å². The first-order chi connectivity index (χ1) is 7.04. The number of esters is 1. The Morgan fingerprint density at radius 2 is 2.27 bits per heavy atom. The van der Waals surface area contributed by atoms with Crippen LogP contribution in [0.1, 0.15) is 19.8 Å². The number of carbonyl (C=O) groups excluding carboxylic acids is 2. The molecule has 1 aliphatic rings. The average molecular weight is 273 g/mol. The molecule has 0 fully saturated rings. The third kappa shape index (κ3) is 3.30. The van der Waals surface area contributed by atoms with E-state index in [1.54, 1.807) is 0 Å². The molecule has 0 spiro atoms. The lowest BCUT2D eigenvalue weighted by Crippen LogP contribution is -2.10. The van der Waals surface area contributed by atoms with Crippen LogP contribution in [0.2, 0.25) is 0 Å². The second kappa shape index (κ2) is 5.26. The first-order valence-corrected chi connectivity index (χ1v) is 5.54. The molecule has 1 atom stereocenters. The predicted molar refractivity (Wildman–Crippen MR) is 60.5 cm³/mol. The Kier molecular flexibility index (Phi) is 4.27. The number of hydrogen-bond donors (Lipinski definition) is 0. The van der Waals surface area contributed by atoms with Crippen molar-refractivity contribution in [1.29, 1.82) is 0 Å². The lowest BCUT2D eigenvalue weighted by atomic mass is 9.97. The minimum atomic E-state index is -0.409. The van der Waals surface area contributed by atoms with Crippen LogP contribution in [0.5, 0.6) is 0 Å². The highest BCUT2D eigenvalue weighted by atomic mass is 79.9. The summed E-state index contributed by atoms with van der Waals surface area (Å²) in [6.07, 6.45) is 4.62. The summed E-state index contributed by atoms with van der Waals surface area (Å²) in [6.45, 7) is 1.98. The highest BCUT2D eigenvalue weighted by Gasteiger charge is 2.17. The van der Waals surface area contributed by atoms with Gasteiger partial charge < -0.3 is 4.74 Å². The standard InChI is InChI=1S/C11H13BrO3/c1-7-3-4-10(13)9(12)6-8(5-7)11(14)15-2/h5-7H,3-4H2,1-2H3/b8-5+,9-6+. The highest BCUT2D eigenvalue weighted by molar-refractivity contribution is 9.12. The number of allylic oxidation sites excluding steroid dienone is 2. The van der Waals surface area contributed by atoms with Gasteiger partial charge in [-0.15, -0.1) is 0 Å². The average Bonchev–Trinajstić information content (AvgIpc) is 2.22. The van der Waals surface area contributed by atoms with Crippen molar-refractivity contribution in [2.24, 2.45) is 5.92 Å². The molecule has 82 valence electrons. The van der Waals surface area contributed by atoms with Gasteiger partial charge in [-0.25, -0.2) is 4.79 Å². The van der Waals surface area contributed by atoms with E-state index in [9.17, 15) is 9.59 Å². The summed E-state index contributed by atoms with van der Waals surface area (Å²) in [4.78, 5) is 22.8. The zero-order chi connectivity index (χ0) is 11.4. The number of carbonyl (C=O) groups is 2. The third-order valence-electron chi connectivity index (χ3n) is 2.26. The Bertz CT molecular complexity index is 342. The van der Waals surface area contributed by atoms with Gasteiger partial charge in [0.2, 0.25) is 0 Å². The minimum absolute atomic E-state index is 0.0244. The number of hydrogen-bond acceptors (Lipinski definition) is 3. The second-order valence-electron chi connectivity index (χ2n) is 3.55. The van der Waals surface area contributed by atoms with E-state index in [4.69, 9.17) is 0 Å². The number of ketones is 1. The lowest BCUT2D eigenvalue weighted by Gasteiger charge is -2.11. The van der Waals surface area contributed by atoms with Gasteiger partial charge in [0.1, 0.15) is 0 Å². The molecule has 0 radical (unpaired) electrons. The Hall–Kier alpha value is -0.900. The van der Waals surface area contributed by atoms with E-state index >= 15 is 0 Å². The van der Waals surface area contributed by atoms with Gasteiger partial charge in [-0.3, -0.25) is 4.79 Å². The van der Waals surface area contributed by atoms with Crippen LogP contribution in [0.3, 0.4) is 0 Å². The zero-order valence-corrected chi connectivity index (χ0v) is 10.3. The molecule has 15 heavy (non-hydrogen) atoms. The molecule has 0 aliphatic heterocycles. The highest BCUT2D eigenvalue weighted by Crippen LogP contribution is 2.22. The second-order valence-corrected chi connectivity index (χ2v) is 4.40. The molecule has 0 aromatic carbocycles. The fourth-order valence-corrected chi connectivity index (χ4v) is 1.82. The summed E-state index contributed by atoms with van der Waals surface area (Å²) < 4.78 is 5.07. The Balaban J connectivity index is 3.04. The molecule has 0 aromatic heterocycles. The summed E-state index contributed by atoms with van der Waals surface area (Å²) in [7, 11) is 1.33. The Labute approximate surface area is 97.3 Å². The number of halogens is 1. The quantitative estimate of drug-likeness (QED) is 0.689. The summed E-state index contributed by atoms with van der Waals surface area (Å²) in [5.41, 5.74) is 0.435. The van der Waals surface area contributed by atoms with Crippen molar-refractivity contribution in [3.05, 3.63) is 22.2 Å². The Morgan fingerprint density at radius 3 is 2.87 bits per heavy atom. The third-order valence-corrected chi connectivity index (χ3v) is 2.93. The SMILES string of the molecule is COC(=O)C1=C/C(C)CCC(=O)/C(Br)=C\1. The van der Waals surface area contributed by atoms with E-state index in [1.807, 2.05) is 13.0 Å². The van der Waals surface area contributed by atoms with Crippen molar-refractivity contribution in [2.45, 2.75) is 19.8 Å². The number of Topliss-reactive ketones (excluding diaryl/α,β-unsaturated/α-hetero) is 1. The molecule has 0 heterocycles. The van der Waals surface area contributed by atoms with E-state index in [-0.39, 0.29) is 11.7 Å². The molecule has 0 bridgehead atoms. The first kappa shape index (κ1) is 12.2. The molecule has 1 rings (SSSR count). The number of rotatable bonds is 1. The van der Waals surface area contributed by atoms with Crippen LogP contribution in [0.25, 0.3) is 0 Å². The first-order valence-electron chi connectivity index (χ1n) is 4.75. The molecular formula is C11H13BrO3. The fourth-order valence-electron chi connectivity index (χ4n) is 1.38. The molecule has 1 aliphatic carbocycles. The van der Waals surface area contributed by atoms with Crippen LogP contribution in [-0.2, 0) is 14.3 Å². The van der Waals surface area contributed by atoms with Crippen molar-refractivity contribution in [3.63, 3.8) is 0 Å². The van der Waals surface area contributed by atoms with Crippen molar-refractivity contribution >= 4 is 27.7 Å². The summed E-state index contributed by atoms with van der Waals surface area (Å²) in [5.74, 6) is -0.176. The molecule has 0 saturated heterocycles. The number of methoxy groups -OCH3 is 1. The van der Waals surface area contributed by atoms with Crippen LogP contribution in [-0.4, -0.2) is 18.9 Å². The fraction of sp³-hybridized carbons (Fsp3) is 0.455. The lowest BCUT2D eigenvalue weighted by molar-refractivity contribution is -0.135. The van der Waals surface area contributed by atoms with Gasteiger partial charge >= 0.3 is 5.97 Å². The molecule has 0 saturated carbocycles. The van der Waals surface area contributed by atoms with Crippen LogP contribution in [0.15, 0.2) is 22.2 Å². The molecule has 1 unspecified atom stereocenters. The molecule has 3 nitrogen and oxygen atoms in total. The van der Waals surface area contributed by atoms with Crippen molar-refractivity contribution in [3.8, 4) is 0 Å². The van der Waals surface area contributed by atoms with Crippen LogP contribution in [0.4, 0.5) is 0 Å². The normalized spacial score (nSPS) is 29.3. The largest absolute Gasteiger partial charge is 0.465 e. The molecule has 4 heteroatoms. The predicted octanol–water partition coefficient (Wildman–Crippen LogP) is 2.36. The van der Waals surface area contributed by atoms with Crippen molar-refractivity contribution in [1.82, 2.24) is 0 Å². The smallest absolute Gasteiger partial charge is 0.337 e. The van der Waals surface area contributed by atoms with Crippen LogP contribution in [0, 0.1) is 5.92 Å². The molecular weight excluding hydrogens is 260 g/mol. The maximum absolute atomic E-state index is 11.5. The Morgan fingerprint density at radius 1 is 1.60 bits per heavy atom. The number of ether oxygens (including phenoxy) is 1. The van der Waals surface area contributed by atoms with Gasteiger partial charge in [-0.2, -0.15) is 0 Å². The topological polar surface area (TPSA) is 43.4 Å². The maximum Gasteiger partial charge on any atom is 0.337 e. The zero-order valence-electron chi connectivity index (χ0n) is 8.75. The van der Waals surface area contributed by atoms with Gasteiger partial charge in [0, 0.05) is 6.42 Å². The van der Waals surface area contributed by atoms with E-state index < -0.39 is 5.97 Å². The van der Waals surface area contributed by atoms with Gasteiger partial charge in [0.15, 0.2) is 5.78 Å².